The monoisotopic (exact) mass is 271 g/mol. The van der Waals surface area contributed by atoms with E-state index in [1.165, 1.54) is 4.90 Å². The third-order valence-corrected chi connectivity index (χ3v) is 2.49. The van der Waals surface area contributed by atoms with Crippen LogP contribution >= 0.6 is 23.8 Å². The molecule has 17 heavy (non-hydrogen) atoms. The molecule has 0 spiro atoms. The van der Waals surface area contributed by atoms with Crippen LogP contribution < -0.4 is 11.1 Å². The number of hydrogen-bond acceptors (Lipinski definition) is 2. The van der Waals surface area contributed by atoms with Gasteiger partial charge in [-0.2, -0.15) is 0 Å². The number of hydrogen-bond donors (Lipinski definition) is 2. The van der Waals surface area contributed by atoms with Crippen molar-refractivity contribution in [3.63, 3.8) is 0 Å². The van der Waals surface area contributed by atoms with Gasteiger partial charge in [0, 0.05) is 17.3 Å². The molecule has 92 valence electrons. The summed E-state index contributed by atoms with van der Waals surface area (Å²) in [4.78, 5) is 13.6. The molecule has 0 atom stereocenters. The predicted molar refractivity (Wildman–Crippen MR) is 74.5 cm³/mol. The smallest absolute Gasteiger partial charge is 0.322 e. The van der Waals surface area contributed by atoms with E-state index in [1.807, 2.05) is 6.92 Å². The minimum absolute atomic E-state index is 0.234. The quantitative estimate of drug-likeness (QED) is 0.827. The number of carbonyl (C=O) groups is 1. The topological polar surface area (TPSA) is 58.4 Å². The zero-order chi connectivity index (χ0) is 12.8. The van der Waals surface area contributed by atoms with Gasteiger partial charge in [-0.25, -0.2) is 4.79 Å². The highest BCUT2D eigenvalue weighted by atomic mass is 35.5. The standard InChI is InChI=1S/C11H14ClN3OS/c1-2-15(7-10(13)17)11(16)14-9-5-3-8(12)4-6-9/h3-6H,2,7H2,1H3,(H2,13,17)(H,14,16). The van der Waals surface area contributed by atoms with Gasteiger partial charge >= 0.3 is 6.03 Å². The number of thiocarbonyl (C=S) groups is 1. The van der Waals surface area contributed by atoms with Gasteiger partial charge in [-0.3, -0.25) is 0 Å². The van der Waals surface area contributed by atoms with E-state index in [-0.39, 0.29) is 17.6 Å². The molecule has 3 N–H and O–H groups in total. The zero-order valence-corrected chi connectivity index (χ0v) is 11.0. The van der Waals surface area contributed by atoms with E-state index in [9.17, 15) is 4.79 Å². The lowest BCUT2D eigenvalue weighted by molar-refractivity contribution is 0.221. The first-order chi connectivity index (χ1) is 8.02. The number of nitrogens with zero attached hydrogens (tertiary/aromatic N) is 1. The number of rotatable bonds is 4. The predicted octanol–water partition coefficient (Wildman–Crippen LogP) is 2.48. The molecule has 2 amide bonds. The van der Waals surface area contributed by atoms with Crippen molar-refractivity contribution in [1.82, 2.24) is 4.90 Å². The number of amides is 2. The number of nitrogens with one attached hydrogen (secondary N) is 1. The second kappa shape index (κ2) is 6.42. The number of nitrogens with two attached hydrogens (primary N) is 1. The van der Waals surface area contributed by atoms with Gasteiger partial charge in [-0.05, 0) is 31.2 Å². The minimum atomic E-state index is -0.234. The molecule has 0 aliphatic carbocycles. The van der Waals surface area contributed by atoms with Gasteiger partial charge in [0.1, 0.15) is 0 Å². The van der Waals surface area contributed by atoms with Crippen molar-refractivity contribution in [3.05, 3.63) is 29.3 Å². The molecule has 1 aromatic rings. The Morgan fingerprint density at radius 1 is 1.47 bits per heavy atom. The SMILES string of the molecule is CCN(CC(N)=S)C(=O)Nc1ccc(Cl)cc1. The normalized spacial score (nSPS) is 9.76. The highest BCUT2D eigenvalue weighted by Crippen LogP contribution is 2.13. The average molecular weight is 272 g/mol. The summed E-state index contributed by atoms with van der Waals surface area (Å²) in [5.41, 5.74) is 6.09. The molecular formula is C11H14ClN3OS. The van der Waals surface area contributed by atoms with E-state index in [2.05, 4.69) is 5.32 Å². The number of urea groups is 1. The van der Waals surface area contributed by atoms with E-state index >= 15 is 0 Å². The molecule has 0 aliphatic heterocycles. The van der Waals surface area contributed by atoms with Crippen molar-refractivity contribution in [3.8, 4) is 0 Å². The molecule has 4 nitrogen and oxygen atoms in total. The molecule has 0 saturated heterocycles. The fourth-order valence-electron chi connectivity index (χ4n) is 1.25. The Morgan fingerprint density at radius 3 is 2.53 bits per heavy atom. The maximum Gasteiger partial charge on any atom is 0.322 e. The molecule has 0 heterocycles. The summed E-state index contributed by atoms with van der Waals surface area (Å²) >= 11 is 10.5. The van der Waals surface area contributed by atoms with Crippen LogP contribution in [-0.2, 0) is 0 Å². The molecule has 0 aliphatic rings. The second-order valence-electron chi connectivity index (χ2n) is 3.42. The number of halogens is 1. The van der Waals surface area contributed by atoms with Crippen LogP contribution in [-0.4, -0.2) is 29.0 Å². The van der Waals surface area contributed by atoms with E-state index in [0.717, 1.165) is 0 Å². The number of anilines is 1. The fourth-order valence-corrected chi connectivity index (χ4v) is 1.53. The molecule has 0 unspecified atom stereocenters. The minimum Gasteiger partial charge on any atom is -0.392 e. The van der Waals surface area contributed by atoms with Crippen molar-refractivity contribution < 1.29 is 4.79 Å². The summed E-state index contributed by atoms with van der Waals surface area (Å²) in [6, 6.07) is 6.65. The van der Waals surface area contributed by atoms with Gasteiger partial charge in [0.25, 0.3) is 0 Å². The van der Waals surface area contributed by atoms with Gasteiger partial charge < -0.3 is 16.0 Å². The molecule has 6 heteroatoms. The number of likely N-dealkylation sites (N-methyl/N-ethyl adjacent to an activating group) is 1. The molecule has 0 aromatic heterocycles. The van der Waals surface area contributed by atoms with Gasteiger partial charge in [-0.1, -0.05) is 23.8 Å². The molecule has 0 bridgehead atoms. The lowest BCUT2D eigenvalue weighted by Crippen LogP contribution is -2.40. The van der Waals surface area contributed by atoms with E-state index < -0.39 is 0 Å². The van der Waals surface area contributed by atoms with Crippen LogP contribution in [0.1, 0.15) is 6.92 Å². The average Bonchev–Trinajstić information content (AvgIpc) is 2.28. The Kier molecular flexibility index (Phi) is 5.18. The molecule has 1 aromatic carbocycles. The molecule has 0 radical (unpaired) electrons. The van der Waals surface area contributed by atoms with E-state index in [4.69, 9.17) is 29.6 Å². The van der Waals surface area contributed by atoms with E-state index in [1.54, 1.807) is 24.3 Å². The molecular weight excluding hydrogens is 258 g/mol. The van der Waals surface area contributed by atoms with Gasteiger partial charge in [0.2, 0.25) is 0 Å². The van der Waals surface area contributed by atoms with Crippen LogP contribution in [0, 0.1) is 0 Å². The van der Waals surface area contributed by atoms with Crippen LogP contribution in [0.15, 0.2) is 24.3 Å². The van der Waals surface area contributed by atoms with Crippen LogP contribution in [0.2, 0.25) is 5.02 Å². The Labute approximate surface area is 111 Å². The summed E-state index contributed by atoms with van der Waals surface area (Å²) in [5, 5.41) is 3.36. The highest BCUT2D eigenvalue weighted by molar-refractivity contribution is 7.80. The first-order valence-electron chi connectivity index (χ1n) is 5.12. The van der Waals surface area contributed by atoms with Crippen molar-refractivity contribution in [2.45, 2.75) is 6.92 Å². The summed E-state index contributed by atoms with van der Waals surface area (Å²) in [7, 11) is 0. The lowest BCUT2D eigenvalue weighted by atomic mass is 10.3. The van der Waals surface area contributed by atoms with Crippen molar-refractivity contribution in [2.75, 3.05) is 18.4 Å². The van der Waals surface area contributed by atoms with Crippen molar-refractivity contribution in [2.24, 2.45) is 5.73 Å². The summed E-state index contributed by atoms with van der Waals surface area (Å²) in [6.07, 6.45) is 0. The van der Waals surface area contributed by atoms with Gasteiger partial charge in [0.05, 0.1) is 11.5 Å². The Bertz CT molecular complexity index is 408. The van der Waals surface area contributed by atoms with Crippen molar-refractivity contribution in [1.29, 1.82) is 0 Å². The van der Waals surface area contributed by atoms with Crippen molar-refractivity contribution >= 4 is 40.5 Å². The summed E-state index contributed by atoms with van der Waals surface area (Å²) in [6.45, 7) is 2.67. The first kappa shape index (κ1) is 13.7. The highest BCUT2D eigenvalue weighted by Gasteiger charge is 2.12. The van der Waals surface area contributed by atoms with Gasteiger partial charge in [-0.15, -0.1) is 0 Å². The number of benzene rings is 1. The second-order valence-corrected chi connectivity index (χ2v) is 4.38. The maximum absolute atomic E-state index is 11.8. The molecule has 1 rings (SSSR count). The van der Waals surface area contributed by atoms with Gasteiger partial charge in [0.15, 0.2) is 0 Å². The summed E-state index contributed by atoms with van der Waals surface area (Å²) in [5.74, 6) is 0. The van der Waals surface area contributed by atoms with Crippen LogP contribution in [0.3, 0.4) is 0 Å². The zero-order valence-electron chi connectivity index (χ0n) is 9.44. The van der Waals surface area contributed by atoms with Crippen LogP contribution in [0.4, 0.5) is 10.5 Å². The Morgan fingerprint density at radius 2 is 2.06 bits per heavy atom. The fraction of sp³-hybridized carbons (Fsp3) is 0.273. The summed E-state index contributed by atoms with van der Waals surface area (Å²) < 4.78 is 0. The largest absolute Gasteiger partial charge is 0.392 e. The third kappa shape index (κ3) is 4.58. The first-order valence-corrected chi connectivity index (χ1v) is 5.91. The Balaban J connectivity index is 2.63. The lowest BCUT2D eigenvalue weighted by Gasteiger charge is -2.20. The third-order valence-electron chi connectivity index (χ3n) is 2.11. The van der Waals surface area contributed by atoms with Crippen LogP contribution in [0.25, 0.3) is 0 Å². The maximum atomic E-state index is 11.8. The van der Waals surface area contributed by atoms with E-state index in [0.29, 0.717) is 17.3 Å². The molecule has 0 fully saturated rings. The Hall–Kier alpha value is -1.33. The molecule has 0 saturated carbocycles. The number of carbonyl (C=O) groups excluding carboxylic acids is 1. The van der Waals surface area contributed by atoms with Crippen LogP contribution in [0.5, 0.6) is 0 Å².